The van der Waals surface area contributed by atoms with Crippen molar-refractivity contribution in [1.82, 2.24) is 9.78 Å². The molecule has 0 aliphatic heterocycles. The summed E-state index contributed by atoms with van der Waals surface area (Å²) in [4.78, 5) is 0. The highest BCUT2D eigenvalue weighted by Crippen LogP contribution is 2.14. The summed E-state index contributed by atoms with van der Waals surface area (Å²) in [5, 5.41) is 7.77. The minimum Gasteiger partial charge on any atom is -0.370 e. The number of anilines is 1. The lowest BCUT2D eigenvalue weighted by Gasteiger charge is -2.09. The molecule has 0 aliphatic carbocycles. The van der Waals surface area contributed by atoms with Gasteiger partial charge in [-0.25, -0.2) is 4.68 Å². The molecule has 0 amide bonds. The van der Waals surface area contributed by atoms with Gasteiger partial charge in [0.2, 0.25) is 0 Å². The molecule has 1 heterocycles. The standard InChI is InChI=1S/C14H19N3/c1-2-3-7-11-15-14-10-12-16-17(14)13-8-5-4-6-9-13/h4-6,8-10,12,15H,2-3,7,11H2,1H3. The van der Waals surface area contributed by atoms with E-state index < -0.39 is 0 Å². The van der Waals surface area contributed by atoms with Crippen LogP contribution >= 0.6 is 0 Å². The van der Waals surface area contributed by atoms with E-state index in [9.17, 15) is 0 Å². The first-order valence-corrected chi connectivity index (χ1v) is 6.25. The van der Waals surface area contributed by atoms with Gasteiger partial charge in [0.25, 0.3) is 0 Å². The first-order chi connectivity index (χ1) is 8.42. The van der Waals surface area contributed by atoms with Gasteiger partial charge in [-0.05, 0) is 18.6 Å². The molecule has 2 rings (SSSR count). The highest BCUT2D eigenvalue weighted by atomic mass is 15.3. The number of benzene rings is 1. The third kappa shape index (κ3) is 3.09. The molecular weight excluding hydrogens is 210 g/mol. The minimum absolute atomic E-state index is 1.01. The van der Waals surface area contributed by atoms with E-state index in [1.807, 2.05) is 35.1 Å². The SMILES string of the molecule is CCCCCNc1ccnn1-c1ccccc1. The second kappa shape index (κ2) is 6.09. The second-order valence-electron chi connectivity index (χ2n) is 4.10. The van der Waals surface area contributed by atoms with Crippen LogP contribution in [0.15, 0.2) is 42.6 Å². The quantitative estimate of drug-likeness (QED) is 0.769. The number of rotatable bonds is 6. The molecule has 3 nitrogen and oxygen atoms in total. The van der Waals surface area contributed by atoms with Gasteiger partial charge in [0.1, 0.15) is 5.82 Å². The fourth-order valence-electron chi connectivity index (χ4n) is 1.80. The Hall–Kier alpha value is -1.77. The molecule has 1 N–H and O–H groups in total. The lowest BCUT2D eigenvalue weighted by atomic mass is 10.2. The van der Waals surface area contributed by atoms with E-state index in [1.165, 1.54) is 19.3 Å². The highest BCUT2D eigenvalue weighted by Gasteiger charge is 2.02. The molecule has 0 unspecified atom stereocenters. The molecule has 1 aromatic carbocycles. The lowest BCUT2D eigenvalue weighted by molar-refractivity contribution is 0.738. The molecule has 17 heavy (non-hydrogen) atoms. The van der Waals surface area contributed by atoms with Gasteiger partial charge >= 0.3 is 0 Å². The molecule has 0 saturated carbocycles. The lowest BCUT2D eigenvalue weighted by Crippen LogP contribution is -2.07. The first kappa shape index (κ1) is 11.7. The zero-order valence-electron chi connectivity index (χ0n) is 10.3. The summed E-state index contributed by atoms with van der Waals surface area (Å²) in [6, 6.07) is 12.2. The molecule has 90 valence electrons. The topological polar surface area (TPSA) is 29.9 Å². The maximum atomic E-state index is 4.34. The first-order valence-electron chi connectivity index (χ1n) is 6.25. The zero-order chi connectivity index (χ0) is 11.9. The number of nitrogens with zero attached hydrogens (tertiary/aromatic N) is 2. The zero-order valence-corrected chi connectivity index (χ0v) is 10.3. The maximum Gasteiger partial charge on any atom is 0.129 e. The predicted molar refractivity (Wildman–Crippen MR) is 71.6 cm³/mol. The molecule has 2 aromatic rings. The van der Waals surface area contributed by atoms with Crippen molar-refractivity contribution in [2.24, 2.45) is 0 Å². The van der Waals surface area contributed by atoms with Crippen molar-refractivity contribution < 1.29 is 0 Å². The van der Waals surface area contributed by atoms with Crippen LogP contribution in [-0.4, -0.2) is 16.3 Å². The molecule has 0 saturated heterocycles. The van der Waals surface area contributed by atoms with Crippen molar-refractivity contribution in [3.8, 4) is 5.69 Å². The third-order valence-corrected chi connectivity index (χ3v) is 2.73. The maximum absolute atomic E-state index is 4.34. The largest absolute Gasteiger partial charge is 0.370 e. The molecule has 0 radical (unpaired) electrons. The number of para-hydroxylation sites is 1. The fraction of sp³-hybridized carbons (Fsp3) is 0.357. The van der Waals surface area contributed by atoms with Crippen LogP contribution in [0.1, 0.15) is 26.2 Å². The van der Waals surface area contributed by atoms with Gasteiger partial charge in [-0.2, -0.15) is 5.10 Å². The molecule has 0 spiro atoms. The smallest absolute Gasteiger partial charge is 0.129 e. The summed E-state index contributed by atoms with van der Waals surface area (Å²) >= 11 is 0. The number of hydrogen-bond donors (Lipinski definition) is 1. The second-order valence-corrected chi connectivity index (χ2v) is 4.10. The van der Waals surface area contributed by atoms with Crippen LogP contribution in [0.3, 0.4) is 0 Å². The Bertz CT molecular complexity index is 434. The molecular formula is C14H19N3. The molecule has 0 bridgehead atoms. The number of aromatic nitrogens is 2. The van der Waals surface area contributed by atoms with Crippen molar-refractivity contribution in [1.29, 1.82) is 0 Å². The monoisotopic (exact) mass is 229 g/mol. The Morgan fingerprint density at radius 3 is 2.71 bits per heavy atom. The average molecular weight is 229 g/mol. The summed E-state index contributed by atoms with van der Waals surface area (Å²) < 4.78 is 1.94. The summed E-state index contributed by atoms with van der Waals surface area (Å²) in [6.07, 6.45) is 5.55. The van der Waals surface area contributed by atoms with E-state index >= 15 is 0 Å². The fourth-order valence-corrected chi connectivity index (χ4v) is 1.80. The van der Waals surface area contributed by atoms with E-state index in [0.29, 0.717) is 0 Å². The van der Waals surface area contributed by atoms with Crippen molar-refractivity contribution in [3.63, 3.8) is 0 Å². The number of hydrogen-bond acceptors (Lipinski definition) is 2. The minimum atomic E-state index is 1.01. The van der Waals surface area contributed by atoms with Gasteiger partial charge in [0.15, 0.2) is 0 Å². The molecule has 3 heteroatoms. The average Bonchev–Trinajstić information content (AvgIpc) is 2.84. The van der Waals surface area contributed by atoms with Crippen LogP contribution in [-0.2, 0) is 0 Å². The van der Waals surface area contributed by atoms with Crippen LogP contribution in [0.4, 0.5) is 5.82 Å². The Balaban J connectivity index is 2.02. The van der Waals surface area contributed by atoms with Crippen molar-refractivity contribution in [2.45, 2.75) is 26.2 Å². The van der Waals surface area contributed by atoms with E-state index in [4.69, 9.17) is 0 Å². The van der Waals surface area contributed by atoms with Crippen molar-refractivity contribution in [3.05, 3.63) is 42.6 Å². The van der Waals surface area contributed by atoms with Gasteiger partial charge in [-0.15, -0.1) is 0 Å². The van der Waals surface area contributed by atoms with Gasteiger partial charge in [-0.3, -0.25) is 0 Å². The number of nitrogens with one attached hydrogen (secondary N) is 1. The highest BCUT2D eigenvalue weighted by molar-refractivity contribution is 5.44. The normalized spacial score (nSPS) is 10.4. The summed E-state index contributed by atoms with van der Waals surface area (Å²) in [5.74, 6) is 1.06. The van der Waals surface area contributed by atoms with Crippen LogP contribution < -0.4 is 5.32 Å². The van der Waals surface area contributed by atoms with Crippen LogP contribution in [0, 0.1) is 0 Å². The molecule has 0 aliphatic rings. The number of unbranched alkanes of at least 4 members (excludes halogenated alkanes) is 2. The van der Waals surface area contributed by atoms with Gasteiger partial charge < -0.3 is 5.32 Å². The van der Waals surface area contributed by atoms with Gasteiger partial charge in [-0.1, -0.05) is 38.0 Å². The van der Waals surface area contributed by atoms with E-state index in [-0.39, 0.29) is 0 Å². The Labute approximate surface area is 102 Å². The van der Waals surface area contributed by atoms with E-state index in [0.717, 1.165) is 18.1 Å². The summed E-state index contributed by atoms with van der Waals surface area (Å²) in [5.41, 5.74) is 1.09. The Kier molecular flexibility index (Phi) is 4.19. The summed E-state index contributed by atoms with van der Waals surface area (Å²) in [6.45, 7) is 3.22. The van der Waals surface area contributed by atoms with Crippen LogP contribution in [0.5, 0.6) is 0 Å². The van der Waals surface area contributed by atoms with Crippen molar-refractivity contribution >= 4 is 5.82 Å². The van der Waals surface area contributed by atoms with E-state index in [1.54, 1.807) is 0 Å². The van der Waals surface area contributed by atoms with E-state index in [2.05, 4.69) is 29.5 Å². The van der Waals surface area contributed by atoms with Gasteiger partial charge in [0.05, 0.1) is 11.9 Å². The summed E-state index contributed by atoms with van der Waals surface area (Å²) in [7, 11) is 0. The van der Waals surface area contributed by atoms with Crippen LogP contribution in [0.2, 0.25) is 0 Å². The molecule has 0 atom stereocenters. The molecule has 1 aromatic heterocycles. The van der Waals surface area contributed by atoms with Crippen LogP contribution in [0.25, 0.3) is 5.69 Å². The van der Waals surface area contributed by atoms with Crippen molar-refractivity contribution in [2.75, 3.05) is 11.9 Å². The Morgan fingerprint density at radius 1 is 1.12 bits per heavy atom. The molecule has 0 fully saturated rings. The third-order valence-electron chi connectivity index (χ3n) is 2.73. The Morgan fingerprint density at radius 2 is 1.94 bits per heavy atom. The predicted octanol–water partition coefficient (Wildman–Crippen LogP) is 3.47. The van der Waals surface area contributed by atoms with Gasteiger partial charge in [0, 0.05) is 12.6 Å².